The largest absolute Gasteiger partial charge is 0.493 e. The van der Waals surface area contributed by atoms with Gasteiger partial charge in [0.25, 0.3) is 5.91 Å². The van der Waals surface area contributed by atoms with E-state index in [2.05, 4.69) is 10.6 Å². The van der Waals surface area contributed by atoms with Crippen molar-refractivity contribution in [2.24, 2.45) is 0 Å². The average Bonchev–Trinajstić information content (AvgIpc) is 2.58. The Morgan fingerprint density at radius 1 is 1.26 bits per heavy atom. The summed E-state index contributed by atoms with van der Waals surface area (Å²) in [5.41, 5.74) is 0.547. The van der Waals surface area contributed by atoms with Gasteiger partial charge in [-0.25, -0.2) is 0 Å². The Labute approximate surface area is 165 Å². The van der Waals surface area contributed by atoms with E-state index in [-0.39, 0.29) is 18.1 Å². The first-order valence-corrected chi connectivity index (χ1v) is 10.1. The van der Waals surface area contributed by atoms with Gasteiger partial charge in [-0.05, 0) is 56.9 Å². The monoisotopic (exact) mass is 398 g/mol. The van der Waals surface area contributed by atoms with E-state index in [0.29, 0.717) is 24.5 Å². The summed E-state index contributed by atoms with van der Waals surface area (Å²) in [6.45, 7) is 5.98. The fourth-order valence-electron chi connectivity index (χ4n) is 2.33. The Hall–Kier alpha value is -1.93. The molecule has 8 heteroatoms. The summed E-state index contributed by atoms with van der Waals surface area (Å²) in [5, 5.41) is 15.1. The van der Waals surface area contributed by atoms with Crippen molar-refractivity contribution in [1.82, 2.24) is 10.6 Å². The van der Waals surface area contributed by atoms with Crippen LogP contribution in [-0.4, -0.2) is 54.3 Å². The lowest BCUT2D eigenvalue weighted by atomic mass is 10.1. The Kier molecular flexibility index (Phi) is 9.45. The van der Waals surface area contributed by atoms with Crippen molar-refractivity contribution in [3.8, 4) is 11.5 Å². The molecule has 0 fully saturated rings. The normalized spacial score (nSPS) is 12.3. The molecule has 1 atom stereocenters. The molecule has 0 heterocycles. The number of aliphatic carboxylic acids is 1. The topological polar surface area (TPSA) is 96.9 Å². The molecule has 0 radical (unpaired) electrons. The molecule has 0 aliphatic rings. The molecule has 0 bridgehead atoms. The van der Waals surface area contributed by atoms with Gasteiger partial charge >= 0.3 is 5.97 Å². The van der Waals surface area contributed by atoms with Crippen molar-refractivity contribution in [3.05, 3.63) is 23.8 Å². The second-order valence-corrected chi connectivity index (χ2v) is 8.11. The number of carboxylic acid groups (broad SMARTS) is 1. The number of nitrogens with one attached hydrogen (secondary N) is 2. The molecular formula is C19H30N2O5S. The minimum Gasteiger partial charge on any atom is -0.493 e. The van der Waals surface area contributed by atoms with E-state index in [0.717, 1.165) is 11.3 Å². The molecule has 0 saturated carbocycles. The third kappa shape index (κ3) is 9.01. The minimum absolute atomic E-state index is 0.110. The smallest absolute Gasteiger partial charge is 0.320 e. The quantitative estimate of drug-likeness (QED) is 0.526. The first-order valence-electron chi connectivity index (χ1n) is 8.72. The highest BCUT2D eigenvalue weighted by molar-refractivity contribution is 7.98. The molecule has 1 rings (SSSR count). The molecule has 1 unspecified atom stereocenters. The van der Waals surface area contributed by atoms with E-state index >= 15 is 0 Å². The highest BCUT2D eigenvalue weighted by atomic mass is 32.2. The van der Waals surface area contributed by atoms with Gasteiger partial charge in [0.05, 0.1) is 7.11 Å². The number of benzene rings is 1. The van der Waals surface area contributed by atoms with E-state index in [1.54, 1.807) is 23.9 Å². The van der Waals surface area contributed by atoms with Crippen molar-refractivity contribution in [2.75, 3.05) is 25.7 Å². The first-order chi connectivity index (χ1) is 12.7. The first kappa shape index (κ1) is 23.1. The molecule has 0 aliphatic heterocycles. The highest BCUT2D eigenvalue weighted by Crippen LogP contribution is 2.28. The molecule has 7 nitrogen and oxygen atoms in total. The van der Waals surface area contributed by atoms with Crippen molar-refractivity contribution >= 4 is 23.6 Å². The van der Waals surface area contributed by atoms with E-state index in [1.807, 2.05) is 33.1 Å². The zero-order valence-corrected chi connectivity index (χ0v) is 17.4. The summed E-state index contributed by atoms with van der Waals surface area (Å²) in [6.07, 6.45) is 2.50. The number of methoxy groups -OCH3 is 1. The van der Waals surface area contributed by atoms with Crippen LogP contribution in [0.4, 0.5) is 0 Å². The lowest BCUT2D eigenvalue weighted by Crippen LogP contribution is -2.43. The molecule has 27 heavy (non-hydrogen) atoms. The summed E-state index contributed by atoms with van der Waals surface area (Å²) in [6, 6.07) is 4.72. The molecule has 1 aromatic carbocycles. The van der Waals surface area contributed by atoms with Crippen LogP contribution in [-0.2, 0) is 16.1 Å². The van der Waals surface area contributed by atoms with Crippen LogP contribution in [0.3, 0.4) is 0 Å². The van der Waals surface area contributed by atoms with Crippen LogP contribution in [0.2, 0.25) is 0 Å². The van der Waals surface area contributed by atoms with Gasteiger partial charge in [0.1, 0.15) is 6.04 Å². The lowest BCUT2D eigenvalue weighted by Gasteiger charge is -2.21. The summed E-state index contributed by atoms with van der Waals surface area (Å²) < 4.78 is 10.9. The van der Waals surface area contributed by atoms with Gasteiger partial charge in [0.2, 0.25) is 0 Å². The molecule has 152 valence electrons. The van der Waals surface area contributed by atoms with Gasteiger partial charge in [0.15, 0.2) is 18.1 Å². The number of ether oxygens (including phenoxy) is 2. The maximum Gasteiger partial charge on any atom is 0.320 e. The summed E-state index contributed by atoms with van der Waals surface area (Å²) in [4.78, 5) is 23.2. The van der Waals surface area contributed by atoms with Crippen molar-refractivity contribution in [2.45, 2.75) is 45.3 Å². The van der Waals surface area contributed by atoms with E-state index in [4.69, 9.17) is 9.47 Å². The Balaban J connectivity index is 2.68. The third-order valence-corrected chi connectivity index (χ3v) is 4.21. The maximum atomic E-state index is 11.9. The number of carbonyl (C=O) groups is 2. The van der Waals surface area contributed by atoms with E-state index in [9.17, 15) is 14.7 Å². The maximum absolute atomic E-state index is 11.9. The van der Waals surface area contributed by atoms with Crippen LogP contribution < -0.4 is 20.1 Å². The Bertz CT molecular complexity index is 631. The summed E-state index contributed by atoms with van der Waals surface area (Å²) in [7, 11) is 1.52. The number of amides is 1. The predicted molar refractivity (Wildman–Crippen MR) is 108 cm³/mol. The standard InChI is InChI=1S/C19H30N2O5S/c1-19(2,3)21-17(22)12-26-15-7-6-13(10-16(15)25-4)11-20-14(18(23)24)8-9-27-5/h6-7,10,14,20H,8-9,11-12H2,1-5H3,(H,21,22)(H,23,24). The second kappa shape index (κ2) is 11.0. The van der Waals surface area contributed by atoms with Crippen LogP contribution in [0, 0.1) is 0 Å². The third-order valence-electron chi connectivity index (χ3n) is 3.56. The molecule has 1 aromatic rings. The number of carboxylic acids is 1. The van der Waals surface area contributed by atoms with Crippen molar-refractivity contribution in [1.29, 1.82) is 0 Å². The van der Waals surface area contributed by atoms with Crippen LogP contribution in [0.25, 0.3) is 0 Å². The number of hydrogen-bond acceptors (Lipinski definition) is 6. The minimum atomic E-state index is -0.860. The summed E-state index contributed by atoms with van der Waals surface area (Å²) in [5.74, 6) is 0.655. The zero-order chi connectivity index (χ0) is 20.4. The SMILES string of the molecule is COc1cc(CNC(CCSC)C(=O)O)ccc1OCC(=O)NC(C)(C)C. The Morgan fingerprint density at radius 3 is 2.52 bits per heavy atom. The van der Waals surface area contributed by atoms with Gasteiger partial charge in [0, 0.05) is 12.1 Å². The summed E-state index contributed by atoms with van der Waals surface area (Å²) >= 11 is 1.62. The van der Waals surface area contributed by atoms with Crippen molar-refractivity contribution in [3.63, 3.8) is 0 Å². The second-order valence-electron chi connectivity index (χ2n) is 7.13. The van der Waals surface area contributed by atoms with Crippen LogP contribution in [0.1, 0.15) is 32.8 Å². The molecule has 0 saturated heterocycles. The van der Waals surface area contributed by atoms with E-state index < -0.39 is 12.0 Å². The highest BCUT2D eigenvalue weighted by Gasteiger charge is 2.17. The number of hydrogen-bond donors (Lipinski definition) is 3. The number of thioether (sulfide) groups is 1. The molecule has 1 amide bonds. The molecule has 0 aliphatic carbocycles. The van der Waals surface area contributed by atoms with Gasteiger partial charge in [-0.3, -0.25) is 9.59 Å². The molecule has 0 spiro atoms. The molecular weight excluding hydrogens is 368 g/mol. The Morgan fingerprint density at radius 2 is 1.96 bits per heavy atom. The predicted octanol–water partition coefficient (Wildman–Crippen LogP) is 2.28. The van der Waals surface area contributed by atoms with Crippen LogP contribution in [0.15, 0.2) is 18.2 Å². The average molecular weight is 399 g/mol. The van der Waals surface area contributed by atoms with Crippen molar-refractivity contribution < 1.29 is 24.2 Å². The van der Waals surface area contributed by atoms with Gasteiger partial charge in [-0.15, -0.1) is 0 Å². The van der Waals surface area contributed by atoms with Gasteiger partial charge in [-0.1, -0.05) is 6.07 Å². The van der Waals surface area contributed by atoms with Gasteiger partial charge < -0.3 is 25.2 Å². The fourth-order valence-corrected chi connectivity index (χ4v) is 2.80. The van der Waals surface area contributed by atoms with Gasteiger partial charge in [-0.2, -0.15) is 11.8 Å². The number of carbonyl (C=O) groups excluding carboxylic acids is 1. The van der Waals surface area contributed by atoms with Crippen LogP contribution in [0.5, 0.6) is 11.5 Å². The molecule has 0 aromatic heterocycles. The lowest BCUT2D eigenvalue weighted by molar-refractivity contribution is -0.139. The van der Waals surface area contributed by atoms with Crippen LogP contribution >= 0.6 is 11.8 Å². The number of rotatable bonds is 11. The van der Waals surface area contributed by atoms with E-state index in [1.165, 1.54) is 7.11 Å². The molecule has 3 N–H and O–H groups in total. The zero-order valence-electron chi connectivity index (χ0n) is 16.6. The fraction of sp³-hybridized carbons (Fsp3) is 0.579.